The summed E-state index contributed by atoms with van der Waals surface area (Å²) in [4.78, 5) is 4.59. The van der Waals surface area contributed by atoms with Crippen LogP contribution in [0.2, 0.25) is 0 Å². The highest BCUT2D eigenvalue weighted by Crippen LogP contribution is 2.20. The smallest absolute Gasteiger partial charge is 0.191 e. The topological polar surface area (TPSA) is 36.4 Å². The molecule has 0 fully saturated rings. The molecule has 0 aromatic rings. The Hall–Kier alpha value is -0.0300. The number of hydrogen-bond acceptors (Lipinski definition) is 3. The van der Waals surface area contributed by atoms with Crippen LogP contribution in [0.25, 0.3) is 0 Å². The van der Waals surface area contributed by atoms with Crippen LogP contribution in [0.15, 0.2) is 4.99 Å². The van der Waals surface area contributed by atoms with Gasteiger partial charge in [0.1, 0.15) is 0 Å². The van der Waals surface area contributed by atoms with Gasteiger partial charge in [-0.1, -0.05) is 0 Å². The number of nitrogens with one attached hydrogen (secondary N) is 2. The van der Waals surface area contributed by atoms with Crippen LogP contribution in [0, 0.1) is 0 Å². The SMILES string of the molecule is CCNC(=NCC(C)(C)SC)NCCSC. The number of rotatable bonds is 7. The van der Waals surface area contributed by atoms with Crippen molar-refractivity contribution in [1.29, 1.82) is 0 Å². The van der Waals surface area contributed by atoms with Crippen molar-refractivity contribution in [2.24, 2.45) is 4.99 Å². The largest absolute Gasteiger partial charge is 0.357 e. The maximum Gasteiger partial charge on any atom is 0.191 e. The standard InChI is InChI=1S/C11H25N3S2/c1-6-12-10(13-7-8-15-4)14-9-11(2,3)16-5/h6-9H2,1-5H3,(H2,12,13,14). The molecule has 0 saturated carbocycles. The molecule has 2 N–H and O–H groups in total. The molecule has 0 aromatic heterocycles. The Morgan fingerprint density at radius 2 is 1.94 bits per heavy atom. The minimum absolute atomic E-state index is 0.210. The van der Waals surface area contributed by atoms with E-state index >= 15 is 0 Å². The quantitative estimate of drug-likeness (QED) is 0.419. The number of guanidine groups is 1. The van der Waals surface area contributed by atoms with Gasteiger partial charge in [0.2, 0.25) is 0 Å². The molecule has 0 aliphatic carbocycles. The first-order valence-electron chi connectivity index (χ1n) is 5.62. The van der Waals surface area contributed by atoms with Gasteiger partial charge in [-0.05, 0) is 33.3 Å². The van der Waals surface area contributed by atoms with Crippen LogP contribution < -0.4 is 10.6 Å². The Kier molecular flexibility index (Phi) is 9.03. The highest BCUT2D eigenvalue weighted by molar-refractivity contribution is 8.00. The zero-order valence-corrected chi connectivity index (χ0v) is 12.7. The molecule has 0 aliphatic rings. The van der Waals surface area contributed by atoms with Crippen molar-refractivity contribution in [2.75, 3.05) is 37.9 Å². The highest BCUT2D eigenvalue weighted by Gasteiger charge is 2.15. The summed E-state index contributed by atoms with van der Waals surface area (Å²) < 4.78 is 0.210. The second kappa shape index (κ2) is 9.05. The van der Waals surface area contributed by atoms with Crippen LogP contribution in [0.1, 0.15) is 20.8 Å². The van der Waals surface area contributed by atoms with Gasteiger partial charge in [0, 0.05) is 23.6 Å². The van der Waals surface area contributed by atoms with Gasteiger partial charge in [-0.25, -0.2) is 0 Å². The Labute approximate surface area is 109 Å². The van der Waals surface area contributed by atoms with E-state index in [0.717, 1.165) is 31.3 Å². The molecule has 0 saturated heterocycles. The van der Waals surface area contributed by atoms with Crippen molar-refractivity contribution in [3.8, 4) is 0 Å². The van der Waals surface area contributed by atoms with E-state index in [9.17, 15) is 0 Å². The van der Waals surface area contributed by atoms with Crippen molar-refractivity contribution in [3.63, 3.8) is 0 Å². The van der Waals surface area contributed by atoms with E-state index in [2.05, 4.69) is 48.9 Å². The maximum atomic E-state index is 4.59. The molecule has 0 spiro atoms. The van der Waals surface area contributed by atoms with Gasteiger partial charge < -0.3 is 10.6 Å². The Morgan fingerprint density at radius 3 is 2.44 bits per heavy atom. The van der Waals surface area contributed by atoms with Crippen LogP contribution in [-0.4, -0.2) is 48.6 Å². The minimum atomic E-state index is 0.210. The van der Waals surface area contributed by atoms with Crippen LogP contribution in [0.5, 0.6) is 0 Å². The lowest BCUT2D eigenvalue weighted by atomic mass is 10.2. The van der Waals surface area contributed by atoms with E-state index in [1.165, 1.54) is 0 Å². The van der Waals surface area contributed by atoms with Crippen molar-refractivity contribution < 1.29 is 0 Å². The maximum absolute atomic E-state index is 4.59. The first-order chi connectivity index (χ1) is 7.55. The van der Waals surface area contributed by atoms with E-state index < -0.39 is 0 Å². The van der Waals surface area contributed by atoms with Gasteiger partial charge in [-0.3, -0.25) is 4.99 Å². The minimum Gasteiger partial charge on any atom is -0.357 e. The monoisotopic (exact) mass is 263 g/mol. The summed E-state index contributed by atoms with van der Waals surface area (Å²) in [5.41, 5.74) is 0. The Bertz CT molecular complexity index is 205. The van der Waals surface area contributed by atoms with Gasteiger partial charge in [-0.15, -0.1) is 0 Å². The predicted octanol–water partition coefficient (Wildman–Crippen LogP) is 2.05. The second-order valence-electron chi connectivity index (χ2n) is 4.08. The van der Waals surface area contributed by atoms with Crippen LogP contribution in [-0.2, 0) is 0 Å². The van der Waals surface area contributed by atoms with Crippen molar-refractivity contribution in [1.82, 2.24) is 10.6 Å². The lowest BCUT2D eigenvalue weighted by Crippen LogP contribution is -2.39. The fourth-order valence-electron chi connectivity index (χ4n) is 0.947. The second-order valence-corrected chi connectivity index (χ2v) is 6.58. The summed E-state index contributed by atoms with van der Waals surface area (Å²) in [5, 5.41) is 6.59. The average Bonchev–Trinajstić information content (AvgIpc) is 2.26. The predicted molar refractivity (Wildman–Crippen MR) is 80.0 cm³/mol. The van der Waals surface area contributed by atoms with Crippen molar-refractivity contribution in [2.45, 2.75) is 25.5 Å². The summed E-state index contributed by atoms with van der Waals surface area (Å²) in [6.45, 7) is 9.23. The molecule has 0 bridgehead atoms. The molecular weight excluding hydrogens is 238 g/mol. The third kappa shape index (κ3) is 8.16. The fraction of sp³-hybridized carbons (Fsp3) is 0.909. The van der Waals surface area contributed by atoms with Crippen LogP contribution in [0.4, 0.5) is 0 Å². The van der Waals surface area contributed by atoms with Gasteiger partial charge >= 0.3 is 0 Å². The molecule has 96 valence electrons. The number of thioether (sulfide) groups is 2. The molecule has 5 heteroatoms. The number of nitrogens with zero attached hydrogens (tertiary/aromatic N) is 1. The molecule has 0 aliphatic heterocycles. The van der Waals surface area contributed by atoms with E-state index in [1.807, 2.05) is 23.5 Å². The lowest BCUT2D eigenvalue weighted by molar-refractivity contribution is 0.714. The lowest BCUT2D eigenvalue weighted by Gasteiger charge is -2.20. The van der Waals surface area contributed by atoms with Gasteiger partial charge in [0.15, 0.2) is 5.96 Å². The van der Waals surface area contributed by atoms with Crippen LogP contribution >= 0.6 is 23.5 Å². The number of aliphatic imine (C=N–C) groups is 1. The molecule has 3 nitrogen and oxygen atoms in total. The summed E-state index contributed by atoms with van der Waals surface area (Å²) >= 11 is 3.69. The fourth-order valence-corrected chi connectivity index (χ4v) is 1.45. The molecule has 0 aromatic carbocycles. The van der Waals surface area contributed by atoms with E-state index in [4.69, 9.17) is 0 Å². The molecule has 16 heavy (non-hydrogen) atoms. The third-order valence-corrected chi connectivity index (χ3v) is 3.96. The molecule has 0 atom stereocenters. The molecule has 0 unspecified atom stereocenters. The zero-order chi connectivity index (χ0) is 12.4. The van der Waals surface area contributed by atoms with Gasteiger partial charge in [-0.2, -0.15) is 23.5 Å². The van der Waals surface area contributed by atoms with Crippen LogP contribution in [0.3, 0.4) is 0 Å². The first-order valence-corrected chi connectivity index (χ1v) is 8.24. The average molecular weight is 263 g/mol. The zero-order valence-electron chi connectivity index (χ0n) is 11.1. The summed E-state index contributed by atoms with van der Waals surface area (Å²) in [5.74, 6) is 2.04. The van der Waals surface area contributed by atoms with Gasteiger partial charge in [0.25, 0.3) is 0 Å². The van der Waals surface area contributed by atoms with E-state index in [1.54, 1.807) is 0 Å². The van der Waals surface area contributed by atoms with Crippen molar-refractivity contribution in [3.05, 3.63) is 0 Å². The molecule has 0 amide bonds. The summed E-state index contributed by atoms with van der Waals surface area (Å²) in [7, 11) is 0. The van der Waals surface area contributed by atoms with E-state index in [-0.39, 0.29) is 4.75 Å². The molecular formula is C11H25N3S2. The highest BCUT2D eigenvalue weighted by atomic mass is 32.2. The number of hydrogen-bond donors (Lipinski definition) is 2. The first kappa shape index (κ1) is 16.0. The van der Waals surface area contributed by atoms with E-state index in [0.29, 0.717) is 0 Å². The van der Waals surface area contributed by atoms with Crippen molar-refractivity contribution >= 4 is 29.5 Å². The summed E-state index contributed by atoms with van der Waals surface area (Å²) in [6, 6.07) is 0. The normalized spacial score (nSPS) is 12.7. The van der Waals surface area contributed by atoms with Gasteiger partial charge in [0.05, 0.1) is 6.54 Å². The molecule has 0 rings (SSSR count). The molecule has 0 radical (unpaired) electrons. The Balaban J connectivity index is 4.12. The summed E-state index contributed by atoms with van der Waals surface area (Å²) in [6.07, 6.45) is 4.24. The molecule has 0 heterocycles. The third-order valence-electron chi connectivity index (χ3n) is 2.11. The Morgan fingerprint density at radius 1 is 1.25 bits per heavy atom.